The molecule has 0 spiro atoms. The predicted molar refractivity (Wildman–Crippen MR) is 79.4 cm³/mol. The fraction of sp³-hybridized carbons (Fsp3) is 0.438. The van der Waals surface area contributed by atoms with Gasteiger partial charge in [-0.25, -0.2) is 0 Å². The molecule has 1 fully saturated rings. The van der Waals surface area contributed by atoms with E-state index in [0.717, 1.165) is 25.7 Å². The first-order valence-corrected chi connectivity index (χ1v) is 7.27. The highest BCUT2D eigenvalue weighted by atomic mass is 16.2. The Morgan fingerprint density at radius 2 is 1.81 bits per heavy atom. The largest absolute Gasteiger partial charge is 0.347 e. The molecule has 1 saturated carbocycles. The van der Waals surface area contributed by atoms with E-state index in [1.807, 2.05) is 6.07 Å². The van der Waals surface area contributed by atoms with Gasteiger partial charge in [-0.1, -0.05) is 19.3 Å². The molecule has 1 aromatic carbocycles. The third kappa shape index (κ3) is 4.60. The molecular weight excluding hydrogens is 266 g/mol. The molecule has 0 aliphatic heterocycles. The maximum atomic E-state index is 11.9. The molecule has 0 saturated heterocycles. The lowest BCUT2D eigenvalue weighted by Crippen LogP contribution is -2.37. The van der Waals surface area contributed by atoms with E-state index in [9.17, 15) is 9.59 Å². The molecule has 0 heterocycles. The Morgan fingerprint density at radius 1 is 1.14 bits per heavy atom. The smallest absolute Gasteiger partial charge is 0.243 e. The van der Waals surface area contributed by atoms with Gasteiger partial charge in [0.15, 0.2) is 0 Å². The summed E-state index contributed by atoms with van der Waals surface area (Å²) in [4.78, 5) is 23.7. The SMILES string of the molecule is N#Cc1ccc(NC(=O)CNC(=O)C2CCCCC2)cc1. The Kier molecular flexibility index (Phi) is 5.33. The molecule has 2 rings (SSSR count). The lowest BCUT2D eigenvalue weighted by Gasteiger charge is -2.20. The molecule has 0 atom stereocenters. The fourth-order valence-corrected chi connectivity index (χ4v) is 2.51. The molecule has 0 aromatic heterocycles. The lowest BCUT2D eigenvalue weighted by atomic mass is 9.89. The summed E-state index contributed by atoms with van der Waals surface area (Å²) < 4.78 is 0. The van der Waals surface area contributed by atoms with Gasteiger partial charge in [-0.15, -0.1) is 0 Å². The van der Waals surface area contributed by atoms with Crippen molar-refractivity contribution < 1.29 is 9.59 Å². The quantitative estimate of drug-likeness (QED) is 0.889. The van der Waals surface area contributed by atoms with Crippen molar-refractivity contribution in [2.24, 2.45) is 5.92 Å². The van der Waals surface area contributed by atoms with Crippen LogP contribution in [0, 0.1) is 17.2 Å². The number of carbonyl (C=O) groups excluding carboxylic acids is 2. The van der Waals surface area contributed by atoms with Crippen LogP contribution in [0.2, 0.25) is 0 Å². The zero-order valence-electron chi connectivity index (χ0n) is 11.9. The second-order valence-corrected chi connectivity index (χ2v) is 5.29. The number of benzene rings is 1. The molecule has 5 heteroatoms. The highest BCUT2D eigenvalue weighted by Crippen LogP contribution is 2.23. The summed E-state index contributed by atoms with van der Waals surface area (Å²) in [5, 5.41) is 14.1. The van der Waals surface area contributed by atoms with E-state index in [1.54, 1.807) is 24.3 Å². The third-order valence-corrected chi connectivity index (χ3v) is 3.70. The molecule has 0 radical (unpaired) electrons. The monoisotopic (exact) mass is 285 g/mol. The Labute approximate surface area is 124 Å². The van der Waals surface area contributed by atoms with Crippen molar-refractivity contribution in [2.45, 2.75) is 32.1 Å². The van der Waals surface area contributed by atoms with Crippen LogP contribution in [-0.4, -0.2) is 18.4 Å². The van der Waals surface area contributed by atoms with Crippen molar-refractivity contribution in [3.63, 3.8) is 0 Å². The number of nitriles is 1. The van der Waals surface area contributed by atoms with Gasteiger partial charge in [-0.2, -0.15) is 5.26 Å². The van der Waals surface area contributed by atoms with E-state index < -0.39 is 0 Å². The third-order valence-electron chi connectivity index (χ3n) is 3.70. The number of nitrogens with zero attached hydrogens (tertiary/aromatic N) is 1. The topological polar surface area (TPSA) is 82.0 Å². The Hall–Kier alpha value is -2.35. The van der Waals surface area contributed by atoms with E-state index >= 15 is 0 Å². The zero-order chi connectivity index (χ0) is 15.1. The molecule has 5 nitrogen and oxygen atoms in total. The van der Waals surface area contributed by atoms with E-state index in [0.29, 0.717) is 11.3 Å². The summed E-state index contributed by atoms with van der Waals surface area (Å²) in [5.74, 6) is -0.227. The van der Waals surface area contributed by atoms with Crippen molar-refractivity contribution in [1.82, 2.24) is 5.32 Å². The van der Waals surface area contributed by atoms with Gasteiger partial charge in [0.1, 0.15) is 0 Å². The second-order valence-electron chi connectivity index (χ2n) is 5.29. The van der Waals surface area contributed by atoms with Crippen LogP contribution in [0.1, 0.15) is 37.7 Å². The summed E-state index contributed by atoms with van der Waals surface area (Å²) in [6.07, 6.45) is 5.22. The normalized spacial score (nSPS) is 15.0. The Morgan fingerprint density at radius 3 is 2.43 bits per heavy atom. The molecule has 2 amide bonds. The summed E-state index contributed by atoms with van der Waals surface area (Å²) in [7, 11) is 0. The molecule has 21 heavy (non-hydrogen) atoms. The average Bonchev–Trinajstić information content (AvgIpc) is 2.54. The van der Waals surface area contributed by atoms with Gasteiger partial charge in [-0.05, 0) is 37.1 Å². The lowest BCUT2D eigenvalue weighted by molar-refractivity contribution is -0.128. The molecular formula is C16H19N3O2. The summed E-state index contributed by atoms with van der Waals surface area (Å²) >= 11 is 0. The van der Waals surface area contributed by atoms with Gasteiger partial charge >= 0.3 is 0 Å². The first-order valence-electron chi connectivity index (χ1n) is 7.27. The van der Waals surface area contributed by atoms with E-state index in [1.165, 1.54) is 6.42 Å². The van der Waals surface area contributed by atoms with Crippen LogP contribution in [0.5, 0.6) is 0 Å². The standard InChI is InChI=1S/C16H19N3O2/c17-10-12-6-8-14(9-7-12)19-15(20)11-18-16(21)13-4-2-1-3-5-13/h6-9,13H,1-5,11H2,(H,18,21)(H,19,20). The first kappa shape index (κ1) is 15.0. The van der Waals surface area contributed by atoms with Crippen LogP contribution in [0.25, 0.3) is 0 Å². The zero-order valence-corrected chi connectivity index (χ0v) is 11.9. The van der Waals surface area contributed by atoms with Gasteiger partial charge < -0.3 is 10.6 Å². The maximum absolute atomic E-state index is 11.9. The molecule has 0 unspecified atom stereocenters. The van der Waals surface area contributed by atoms with Crippen LogP contribution in [0.3, 0.4) is 0 Å². The van der Waals surface area contributed by atoms with Crippen LogP contribution in [-0.2, 0) is 9.59 Å². The molecule has 2 N–H and O–H groups in total. The first-order chi connectivity index (χ1) is 10.2. The van der Waals surface area contributed by atoms with Crippen LogP contribution in [0.4, 0.5) is 5.69 Å². The van der Waals surface area contributed by atoms with Gasteiger partial charge in [0.25, 0.3) is 0 Å². The highest BCUT2D eigenvalue weighted by Gasteiger charge is 2.21. The molecule has 110 valence electrons. The number of nitrogens with one attached hydrogen (secondary N) is 2. The minimum Gasteiger partial charge on any atom is -0.347 e. The number of anilines is 1. The van der Waals surface area contributed by atoms with Crippen LogP contribution in [0.15, 0.2) is 24.3 Å². The number of hydrogen-bond acceptors (Lipinski definition) is 3. The Balaban J connectivity index is 1.76. The number of carbonyl (C=O) groups is 2. The van der Waals surface area contributed by atoms with Crippen molar-refractivity contribution >= 4 is 17.5 Å². The summed E-state index contributed by atoms with van der Waals surface area (Å²) in [5.41, 5.74) is 1.16. The van der Waals surface area contributed by atoms with Crippen molar-refractivity contribution in [2.75, 3.05) is 11.9 Å². The average molecular weight is 285 g/mol. The van der Waals surface area contributed by atoms with Crippen LogP contribution >= 0.6 is 0 Å². The van der Waals surface area contributed by atoms with Crippen LogP contribution < -0.4 is 10.6 Å². The number of rotatable bonds is 4. The summed E-state index contributed by atoms with van der Waals surface area (Å²) in [6, 6.07) is 8.62. The van der Waals surface area contributed by atoms with E-state index in [-0.39, 0.29) is 24.3 Å². The second kappa shape index (κ2) is 7.44. The summed E-state index contributed by atoms with van der Waals surface area (Å²) in [6.45, 7) is -0.0185. The molecule has 1 aliphatic rings. The number of amides is 2. The Bertz CT molecular complexity index is 540. The fourth-order valence-electron chi connectivity index (χ4n) is 2.51. The highest BCUT2D eigenvalue weighted by molar-refractivity contribution is 5.94. The predicted octanol–water partition coefficient (Wildman–Crippen LogP) is 2.19. The van der Waals surface area contributed by atoms with Crippen molar-refractivity contribution in [3.8, 4) is 6.07 Å². The molecule has 1 aromatic rings. The minimum atomic E-state index is -0.260. The molecule has 0 bridgehead atoms. The van der Waals surface area contributed by atoms with Crippen molar-refractivity contribution in [1.29, 1.82) is 5.26 Å². The number of hydrogen-bond donors (Lipinski definition) is 2. The van der Waals surface area contributed by atoms with Gasteiger partial charge in [0.2, 0.25) is 11.8 Å². The van der Waals surface area contributed by atoms with Gasteiger partial charge in [0, 0.05) is 11.6 Å². The van der Waals surface area contributed by atoms with Gasteiger partial charge in [0.05, 0.1) is 18.2 Å². The minimum absolute atomic E-state index is 0.0185. The molecule has 1 aliphatic carbocycles. The van der Waals surface area contributed by atoms with Crippen molar-refractivity contribution in [3.05, 3.63) is 29.8 Å². The van der Waals surface area contributed by atoms with Gasteiger partial charge in [-0.3, -0.25) is 9.59 Å². The van der Waals surface area contributed by atoms with E-state index in [2.05, 4.69) is 10.6 Å². The van der Waals surface area contributed by atoms with E-state index in [4.69, 9.17) is 5.26 Å². The maximum Gasteiger partial charge on any atom is 0.243 e.